The lowest BCUT2D eigenvalue weighted by atomic mass is 9.81. The molecule has 1 saturated heterocycles. The first-order chi connectivity index (χ1) is 10.1. The smallest absolute Gasteiger partial charge is 0.0673 e. The summed E-state index contributed by atoms with van der Waals surface area (Å²) < 4.78 is 5.78. The Morgan fingerprint density at radius 2 is 2.10 bits per heavy atom. The van der Waals surface area contributed by atoms with Crippen LogP contribution in [0, 0.1) is 0 Å². The molecule has 1 N–H and O–H groups in total. The Morgan fingerprint density at radius 1 is 1.33 bits per heavy atom. The van der Waals surface area contributed by atoms with Crippen LogP contribution in [0.1, 0.15) is 32.8 Å². The van der Waals surface area contributed by atoms with Gasteiger partial charge < -0.3 is 10.1 Å². The molecule has 0 spiro atoms. The van der Waals surface area contributed by atoms with Crippen LogP contribution in [0.25, 0.3) is 0 Å². The molecule has 3 nitrogen and oxygen atoms in total. The minimum absolute atomic E-state index is 0.140. The molecule has 2 rings (SSSR count). The van der Waals surface area contributed by atoms with Crippen molar-refractivity contribution < 1.29 is 4.74 Å². The molecule has 1 heterocycles. The summed E-state index contributed by atoms with van der Waals surface area (Å²) in [4.78, 5) is 2.57. The summed E-state index contributed by atoms with van der Waals surface area (Å²) >= 11 is 0. The van der Waals surface area contributed by atoms with E-state index in [2.05, 4.69) is 61.3 Å². The molecule has 1 aromatic carbocycles. The third kappa shape index (κ3) is 4.80. The molecule has 0 saturated carbocycles. The zero-order chi connectivity index (χ0) is 15.1. The summed E-state index contributed by atoms with van der Waals surface area (Å²) in [7, 11) is 0. The maximum Gasteiger partial charge on any atom is 0.0673 e. The van der Waals surface area contributed by atoms with E-state index in [0.717, 1.165) is 45.8 Å². The summed E-state index contributed by atoms with van der Waals surface area (Å²) in [6.07, 6.45) is 1.47. The SMILES string of the molecule is CCNCC(C)(CN1CCCOC(C)C1)c1ccccc1. The van der Waals surface area contributed by atoms with Crippen molar-refractivity contribution in [2.45, 2.75) is 38.7 Å². The number of rotatable bonds is 6. The van der Waals surface area contributed by atoms with Gasteiger partial charge in [0.2, 0.25) is 0 Å². The van der Waals surface area contributed by atoms with Crippen LogP contribution in [0.15, 0.2) is 30.3 Å². The van der Waals surface area contributed by atoms with Gasteiger partial charge in [0.05, 0.1) is 6.10 Å². The standard InChI is InChI=1S/C18H30N2O/c1-4-19-14-18(3,17-9-6-5-7-10-17)15-20-11-8-12-21-16(2)13-20/h5-7,9-10,16,19H,4,8,11-15H2,1-3H3. The minimum Gasteiger partial charge on any atom is -0.377 e. The van der Waals surface area contributed by atoms with Crippen molar-refractivity contribution in [2.24, 2.45) is 0 Å². The van der Waals surface area contributed by atoms with Gasteiger partial charge in [-0.25, -0.2) is 0 Å². The fourth-order valence-electron chi connectivity index (χ4n) is 3.21. The molecule has 0 amide bonds. The molecular weight excluding hydrogens is 260 g/mol. The molecule has 2 unspecified atom stereocenters. The first-order valence-corrected chi connectivity index (χ1v) is 8.24. The highest BCUT2D eigenvalue weighted by atomic mass is 16.5. The Labute approximate surface area is 129 Å². The molecule has 0 aliphatic carbocycles. The molecule has 0 aromatic heterocycles. The van der Waals surface area contributed by atoms with Crippen molar-refractivity contribution in [1.82, 2.24) is 10.2 Å². The van der Waals surface area contributed by atoms with Crippen LogP contribution < -0.4 is 5.32 Å². The average molecular weight is 290 g/mol. The molecule has 0 bridgehead atoms. The molecule has 1 aromatic rings. The topological polar surface area (TPSA) is 24.5 Å². The van der Waals surface area contributed by atoms with Gasteiger partial charge >= 0.3 is 0 Å². The quantitative estimate of drug-likeness (QED) is 0.872. The van der Waals surface area contributed by atoms with Gasteiger partial charge in [0, 0.05) is 38.2 Å². The normalized spacial score (nSPS) is 23.5. The van der Waals surface area contributed by atoms with Gasteiger partial charge in [0.1, 0.15) is 0 Å². The van der Waals surface area contributed by atoms with Crippen molar-refractivity contribution in [3.05, 3.63) is 35.9 Å². The van der Waals surface area contributed by atoms with Crippen LogP contribution in [-0.4, -0.2) is 50.3 Å². The second-order valence-corrected chi connectivity index (χ2v) is 6.48. The van der Waals surface area contributed by atoms with E-state index in [1.165, 1.54) is 5.56 Å². The molecule has 3 heteroatoms. The van der Waals surface area contributed by atoms with Crippen LogP contribution in [0.2, 0.25) is 0 Å². The maximum absolute atomic E-state index is 5.78. The first kappa shape index (κ1) is 16.5. The highest BCUT2D eigenvalue weighted by molar-refractivity contribution is 5.25. The Hall–Kier alpha value is -0.900. The predicted octanol–water partition coefficient (Wildman–Crippen LogP) is 2.66. The zero-order valence-electron chi connectivity index (χ0n) is 13.8. The first-order valence-electron chi connectivity index (χ1n) is 8.24. The fourth-order valence-corrected chi connectivity index (χ4v) is 3.21. The van der Waals surface area contributed by atoms with E-state index in [9.17, 15) is 0 Å². The van der Waals surface area contributed by atoms with Crippen molar-refractivity contribution in [2.75, 3.05) is 39.3 Å². The third-order valence-corrected chi connectivity index (χ3v) is 4.34. The molecule has 118 valence electrons. The van der Waals surface area contributed by atoms with E-state index in [4.69, 9.17) is 4.74 Å². The van der Waals surface area contributed by atoms with Crippen LogP contribution >= 0.6 is 0 Å². The third-order valence-electron chi connectivity index (χ3n) is 4.34. The second-order valence-electron chi connectivity index (χ2n) is 6.48. The highest BCUT2D eigenvalue weighted by Crippen LogP contribution is 2.25. The summed E-state index contributed by atoms with van der Waals surface area (Å²) in [5.41, 5.74) is 1.56. The van der Waals surface area contributed by atoms with E-state index in [1.807, 2.05) is 0 Å². The maximum atomic E-state index is 5.78. The van der Waals surface area contributed by atoms with Gasteiger partial charge in [-0.05, 0) is 25.5 Å². The number of nitrogens with zero attached hydrogens (tertiary/aromatic N) is 1. The molecule has 1 fully saturated rings. The van der Waals surface area contributed by atoms with Crippen molar-refractivity contribution >= 4 is 0 Å². The Balaban J connectivity index is 2.11. The van der Waals surface area contributed by atoms with Gasteiger partial charge in [0.25, 0.3) is 0 Å². The van der Waals surface area contributed by atoms with E-state index >= 15 is 0 Å². The van der Waals surface area contributed by atoms with Gasteiger partial charge in [-0.3, -0.25) is 4.90 Å². The Kier molecular flexibility index (Phi) is 6.22. The van der Waals surface area contributed by atoms with E-state index in [-0.39, 0.29) is 5.41 Å². The lowest BCUT2D eigenvalue weighted by Gasteiger charge is -2.36. The molecule has 1 aliphatic heterocycles. The zero-order valence-corrected chi connectivity index (χ0v) is 13.8. The summed E-state index contributed by atoms with van der Waals surface area (Å²) in [5.74, 6) is 0. The predicted molar refractivity (Wildman–Crippen MR) is 88.8 cm³/mol. The van der Waals surface area contributed by atoms with Crippen LogP contribution in [0.4, 0.5) is 0 Å². The average Bonchev–Trinajstić information content (AvgIpc) is 2.70. The van der Waals surface area contributed by atoms with Gasteiger partial charge in [-0.15, -0.1) is 0 Å². The molecule has 21 heavy (non-hydrogen) atoms. The number of likely N-dealkylation sites (N-methyl/N-ethyl adjacent to an activating group) is 1. The van der Waals surface area contributed by atoms with Gasteiger partial charge in [-0.2, -0.15) is 0 Å². The number of nitrogens with one attached hydrogen (secondary N) is 1. The summed E-state index contributed by atoms with van der Waals surface area (Å²) in [6.45, 7) is 12.9. The molecule has 0 radical (unpaired) electrons. The molecule has 2 atom stereocenters. The highest BCUT2D eigenvalue weighted by Gasteiger charge is 2.30. The molecular formula is C18H30N2O. The minimum atomic E-state index is 0.140. The second kappa shape index (κ2) is 7.92. The van der Waals surface area contributed by atoms with Crippen LogP contribution in [0.3, 0.4) is 0 Å². The fraction of sp³-hybridized carbons (Fsp3) is 0.667. The van der Waals surface area contributed by atoms with Crippen LogP contribution in [0.5, 0.6) is 0 Å². The van der Waals surface area contributed by atoms with Gasteiger partial charge in [0.15, 0.2) is 0 Å². The monoisotopic (exact) mass is 290 g/mol. The van der Waals surface area contributed by atoms with E-state index in [0.29, 0.717) is 6.10 Å². The lowest BCUT2D eigenvalue weighted by Crippen LogP contribution is -2.47. The summed E-state index contributed by atoms with van der Waals surface area (Å²) in [6, 6.07) is 10.9. The van der Waals surface area contributed by atoms with Gasteiger partial charge in [-0.1, -0.05) is 44.2 Å². The van der Waals surface area contributed by atoms with Crippen LogP contribution in [-0.2, 0) is 10.2 Å². The van der Waals surface area contributed by atoms with E-state index < -0.39 is 0 Å². The van der Waals surface area contributed by atoms with Crippen molar-refractivity contribution in [1.29, 1.82) is 0 Å². The van der Waals surface area contributed by atoms with Crippen molar-refractivity contribution in [3.8, 4) is 0 Å². The largest absolute Gasteiger partial charge is 0.377 e. The number of hydrogen-bond acceptors (Lipinski definition) is 3. The Bertz CT molecular complexity index is 409. The van der Waals surface area contributed by atoms with Crippen molar-refractivity contribution in [3.63, 3.8) is 0 Å². The molecule has 1 aliphatic rings. The lowest BCUT2D eigenvalue weighted by molar-refractivity contribution is 0.0645. The number of hydrogen-bond donors (Lipinski definition) is 1. The number of benzene rings is 1. The number of ether oxygens (including phenoxy) is 1. The summed E-state index contributed by atoms with van der Waals surface area (Å²) in [5, 5.41) is 3.55. The Morgan fingerprint density at radius 3 is 2.81 bits per heavy atom. The van der Waals surface area contributed by atoms with E-state index in [1.54, 1.807) is 0 Å².